The van der Waals surface area contributed by atoms with Crippen molar-refractivity contribution in [3.63, 3.8) is 0 Å². The lowest BCUT2D eigenvalue weighted by atomic mass is 10.0. The van der Waals surface area contributed by atoms with E-state index in [2.05, 4.69) is 25.6 Å². The Hall–Kier alpha value is -3.89. The van der Waals surface area contributed by atoms with E-state index < -0.39 is 15.8 Å². The normalized spacial score (nSPS) is 11.3. The van der Waals surface area contributed by atoms with E-state index in [1.54, 1.807) is 31.5 Å². The SMILES string of the molecule is Cc1ccc(Nc2ncc(F)c(NCCc3ccc(-c4ccncc4)cc3)n2)cc1S(N)(=O)=O. The summed E-state index contributed by atoms with van der Waals surface area (Å²) >= 11 is 0. The summed E-state index contributed by atoms with van der Waals surface area (Å²) in [5.41, 5.74) is 4.21. The van der Waals surface area contributed by atoms with Crippen molar-refractivity contribution < 1.29 is 12.8 Å². The molecule has 0 saturated carbocycles. The van der Waals surface area contributed by atoms with E-state index in [4.69, 9.17) is 5.14 Å². The first-order valence-electron chi connectivity index (χ1n) is 10.5. The van der Waals surface area contributed by atoms with Gasteiger partial charge in [-0.15, -0.1) is 0 Å². The highest BCUT2D eigenvalue weighted by Crippen LogP contribution is 2.22. The lowest BCUT2D eigenvalue weighted by molar-refractivity contribution is 0.597. The molecule has 4 aromatic rings. The van der Waals surface area contributed by atoms with Crippen LogP contribution in [0.2, 0.25) is 0 Å². The predicted octanol–water partition coefficient (Wildman–Crippen LogP) is 4.03. The summed E-state index contributed by atoms with van der Waals surface area (Å²) in [6.45, 7) is 2.11. The van der Waals surface area contributed by atoms with E-state index in [0.29, 0.717) is 24.2 Å². The molecule has 34 heavy (non-hydrogen) atoms. The lowest BCUT2D eigenvalue weighted by Crippen LogP contribution is -2.14. The zero-order valence-electron chi connectivity index (χ0n) is 18.4. The van der Waals surface area contributed by atoms with Gasteiger partial charge in [-0.2, -0.15) is 4.98 Å². The van der Waals surface area contributed by atoms with Gasteiger partial charge in [-0.05, 0) is 59.9 Å². The molecule has 0 bridgehead atoms. The summed E-state index contributed by atoms with van der Waals surface area (Å²) in [4.78, 5) is 12.1. The second-order valence-electron chi connectivity index (χ2n) is 7.65. The number of hydrogen-bond acceptors (Lipinski definition) is 7. The summed E-state index contributed by atoms with van der Waals surface area (Å²) in [6, 6.07) is 16.7. The molecule has 0 fully saturated rings. The monoisotopic (exact) mass is 478 g/mol. The van der Waals surface area contributed by atoms with Crippen LogP contribution >= 0.6 is 0 Å². The number of nitrogens with zero attached hydrogens (tertiary/aromatic N) is 3. The lowest BCUT2D eigenvalue weighted by Gasteiger charge is -2.11. The molecule has 0 aliphatic heterocycles. The summed E-state index contributed by atoms with van der Waals surface area (Å²) in [5.74, 6) is -0.424. The van der Waals surface area contributed by atoms with Gasteiger partial charge in [0.25, 0.3) is 0 Å². The van der Waals surface area contributed by atoms with Gasteiger partial charge in [-0.1, -0.05) is 30.3 Å². The topological polar surface area (TPSA) is 123 Å². The summed E-state index contributed by atoms with van der Waals surface area (Å²) < 4.78 is 37.7. The average molecular weight is 479 g/mol. The Morgan fingerprint density at radius 3 is 2.41 bits per heavy atom. The summed E-state index contributed by atoms with van der Waals surface area (Å²) in [5, 5.41) is 11.1. The minimum atomic E-state index is -3.88. The molecule has 0 saturated heterocycles. The molecule has 2 heterocycles. The van der Waals surface area contributed by atoms with Crippen molar-refractivity contribution in [2.45, 2.75) is 18.2 Å². The van der Waals surface area contributed by atoms with Crippen LogP contribution in [0.3, 0.4) is 0 Å². The first kappa shape index (κ1) is 23.3. The van der Waals surface area contributed by atoms with Gasteiger partial charge in [-0.25, -0.2) is 22.9 Å². The third-order valence-corrected chi connectivity index (χ3v) is 6.22. The number of pyridine rings is 1. The molecular formula is C24H23FN6O2S. The van der Waals surface area contributed by atoms with Gasteiger partial charge in [0.05, 0.1) is 11.1 Å². The number of primary sulfonamides is 1. The number of rotatable bonds is 8. The second-order valence-corrected chi connectivity index (χ2v) is 9.18. The fourth-order valence-corrected chi connectivity index (χ4v) is 4.21. The fraction of sp³-hybridized carbons (Fsp3) is 0.125. The molecule has 8 nitrogen and oxygen atoms in total. The summed E-state index contributed by atoms with van der Waals surface area (Å²) in [6.07, 6.45) is 5.23. The number of benzene rings is 2. The molecule has 0 aliphatic carbocycles. The molecule has 174 valence electrons. The van der Waals surface area contributed by atoms with E-state index in [1.165, 1.54) is 6.07 Å². The van der Waals surface area contributed by atoms with Crippen molar-refractivity contribution in [3.8, 4) is 11.1 Å². The number of nitrogens with one attached hydrogen (secondary N) is 2. The molecule has 2 aromatic carbocycles. The minimum Gasteiger partial charge on any atom is -0.367 e. The van der Waals surface area contributed by atoms with Crippen LogP contribution in [0.1, 0.15) is 11.1 Å². The van der Waals surface area contributed by atoms with Crippen molar-refractivity contribution in [2.75, 3.05) is 17.2 Å². The molecule has 4 rings (SSSR count). The largest absolute Gasteiger partial charge is 0.367 e. The molecule has 0 unspecified atom stereocenters. The number of nitrogens with two attached hydrogens (primary N) is 1. The van der Waals surface area contributed by atoms with Crippen LogP contribution in [0.5, 0.6) is 0 Å². The predicted molar refractivity (Wildman–Crippen MR) is 130 cm³/mol. The fourth-order valence-electron chi connectivity index (χ4n) is 3.40. The van der Waals surface area contributed by atoms with Gasteiger partial charge in [-0.3, -0.25) is 4.98 Å². The Labute approximate surface area is 197 Å². The smallest absolute Gasteiger partial charge is 0.238 e. The van der Waals surface area contributed by atoms with Crippen LogP contribution < -0.4 is 15.8 Å². The first-order chi connectivity index (χ1) is 16.3. The van der Waals surface area contributed by atoms with Crippen LogP contribution in [-0.4, -0.2) is 29.9 Å². The van der Waals surface area contributed by atoms with Crippen LogP contribution in [0, 0.1) is 12.7 Å². The number of sulfonamides is 1. The van der Waals surface area contributed by atoms with Gasteiger partial charge in [0, 0.05) is 24.6 Å². The second kappa shape index (κ2) is 9.94. The number of aromatic nitrogens is 3. The third kappa shape index (κ3) is 5.72. The van der Waals surface area contributed by atoms with Gasteiger partial charge in [0.2, 0.25) is 16.0 Å². The number of halogens is 1. The Balaban J connectivity index is 1.40. The molecule has 0 spiro atoms. The maximum Gasteiger partial charge on any atom is 0.238 e. The van der Waals surface area contributed by atoms with Crippen molar-refractivity contribution >= 4 is 27.5 Å². The van der Waals surface area contributed by atoms with Crippen LogP contribution in [-0.2, 0) is 16.4 Å². The zero-order chi connectivity index (χ0) is 24.1. The first-order valence-corrected chi connectivity index (χ1v) is 12.0. The van der Waals surface area contributed by atoms with E-state index in [0.717, 1.165) is 22.9 Å². The number of aryl methyl sites for hydroxylation is 1. The van der Waals surface area contributed by atoms with Gasteiger partial charge >= 0.3 is 0 Å². The molecular weight excluding hydrogens is 455 g/mol. The summed E-state index contributed by atoms with van der Waals surface area (Å²) in [7, 11) is -3.88. The standard InChI is InChI=1S/C24H23FN6O2S/c1-16-2-7-20(14-22(16)34(26,32)33)30-24-29-15-21(25)23(31-24)28-13-8-17-3-5-18(6-4-17)19-9-11-27-12-10-19/h2-7,9-12,14-15H,8,13H2,1H3,(H2,26,32,33)(H2,28,29,30,31). The third-order valence-electron chi connectivity index (χ3n) is 5.17. The Morgan fingerprint density at radius 1 is 1.00 bits per heavy atom. The molecule has 4 N–H and O–H groups in total. The molecule has 0 aliphatic rings. The Morgan fingerprint density at radius 2 is 1.71 bits per heavy atom. The molecule has 0 amide bonds. The molecule has 0 atom stereocenters. The van der Waals surface area contributed by atoms with E-state index in [9.17, 15) is 12.8 Å². The van der Waals surface area contributed by atoms with E-state index >= 15 is 0 Å². The molecule has 10 heteroatoms. The van der Waals surface area contributed by atoms with Crippen LogP contribution in [0.25, 0.3) is 11.1 Å². The van der Waals surface area contributed by atoms with E-state index in [1.807, 2.05) is 36.4 Å². The Kier molecular flexibility index (Phi) is 6.80. The maximum absolute atomic E-state index is 14.2. The minimum absolute atomic E-state index is 0.00657. The maximum atomic E-state index is 14.2. The van der Waals surface area contributed by atoms with Crippen molar-refractivity contribution in [1.82, 2.24) is 15.0 Å². The van der Waals surface area contributed by atoms with Crippen molar-refractivity contribution in [2.24, 2.45) is 5.14 Å². The number of anilines is 3. The van der Waals surface area contributed by atoms with Crippen LogP contribution in [0.4, 0.5) is 21.8 Å². The highest BCUT2D eigenvalue weighted by molar-refractivity contribution is 7.89. The Bertz CT molecular complexity index is 1400. The number of hydrogen-bond donors (Lipinski definition) is 3. The van der Waals surface area contributed by atoms with Crippen molar-refractivity contribution in [3.05, 3.63) is 90.1 Å². The van der Waals surface area contributed by atoms with Gasteiger partial charge in [0.1, 0.15) is 0 Å². The van der Waals surface area contributed by atoms with Crippen molar-refractivity contribution in [1.29, 1.82) is 0 Å². The van der Waals surface area contributed by atoms with Crippen LogP contribution in [0.15, 0.2) is 78.1 Å². The van der Waals surface area contributed by atoms with Gasteiger partial charge in [0.15, 0.2) is 11.6 Å². The average Bonchev–Trinajstić information content (AvgIpc) is 2.82. The highest BCUT2D eigenvalue weighted by Gasteiger charge is 2.13. The van der Waals surface area contributed by atoms with Gasteiger partial charge < -0.3 is 10.6 Å². The quantitative estimate of drug-likeness (QED) is 0.349. The van der Waals surface area contributed by atoms with E-state index in [-0.39, 0.29) is 16.7 Å². The highest BCUT2D eigenvalue weighted by atomic mass is 32.2. The zero-order valence-corrected chi connectivity index (χ0v) is 19.2. The molecule has 2 aromatic heterocycles. The molecule has 0 radical (unpaired) electrons.